The molecule has 0 fully saturated rings. The largest absolute Gasteiger partial charge is 0.508 e. The van der Waals surface area contributed by atoms with Gasteiger partial charge in [-0.1, -0.05) is 30.3 Å². The van der Waals surface area contributed by atoms with Crippen molar-refractivity contribution >= 4 is 0 Å². The quantitative estimate of drug-likeness (QED) is 0.821. The van der Waals surface area contributed by atoms with E-state index in [9.17, 15) is 5.11 Å². The van der Waals surface area contributed by atoms with Crippen LogP contribution in [0.2, 0.25) is 0 Å². The molecule has 1 N–H and O–H groups in total. The second-order valence-corrected chi connectivity index (χ2v) is 3.88. The number of ether oxygens (including phenoxy) is 2. The predicted octanol–water partition coefficient (Wildman–Crippen LogP) is 3.08. The van der Waals surface area contributed by atoms with Gasteiger partial charge in [-0.05, 0) is 23.8 Å². The van der Waals surface area contributed by atoms with Gasteiger partial charge < -0.3 is 14.6 Å². The maximum Gasteiger partial charge on any atom is 0.127 e. The third-order valence-corrected chi connectivity index (χ3v) is 2.61. The topological polar surface area (TPSA) is 38.7 Å². The Morgan fingerprint density at radius 2 is 1.67 bits per heavy atom. The summed E-state index contributed by atoms with van der Waals surface area (Å²) in [5.41, 5.74) is 2.02. The Bertz CT molecular complexity index is 491. The van der Waals surface area contributed by atoms with Gasteiger partial charge in [0.2, 0.25) is 0 Å². The molecule has 0 aliphatic rings. The number of benzene rings is 2. The minimum absolute atomic E-state index is 0.261. The number of phenols is 1. The minimum Gasteiger partial charge on any atom is -0.508 e. The van der Waals surface area contributed by atoms with Crippen LogP contribution in [0.25, 0.3) is 11.1 Å². The molecule has 2 aromatic rings. The van der Waals surface area contributed by atoms with Crippen LogP contribution in [0.1, 0.15) is 0 Å². The van der Waals surface area contributed by atoms with Gasteiger partial charge >= 0.3 is 0 Å². The van der Waals surface area contributed by atoms with Crippen LogP contribution in [-0.2, 0) is 4.74 Å². The van der Waals surface area contributed by atoms with Gasteiger partial charge in [-0.25, -0.2) is 0 Å². The molecule has 2 aromatic carbocycles. The Morgan fingerprint density at radius 3 is 2.39 bits per heavy atom. The summed E-state index contributed by atoms with van der Waals surface area (Å²) in [5, 5.41) is 9.30. The molecule has 94 valence electrons. The van der Waals surface area contributed by atoms with E-state index in [1.165, 1.54) is 0 Å². The van der Waals surface area contributed by atoms with Crippen molar-refractivity contribution in [2.24, 2.45) is 0 Å². The van der Waals surface area contributed by atoms with Crippen LogP contribution >= 0.6 is 0 Å². The van der Waals surface area contributed by atoms with Gasteiger partial charge in [0.15, 0.2) is 0 Å². The van der Waals surface area contributed by atoms with Crippen LogP contribution in [0.5, 0.6) is 11.5 Å². The molecule has 0 radical (unpaired) electrons. The maximum absolute atomic E-state index is 9.30. The highest BCUT2D eigenvalue weighted by Gasteiger charge is 2.05. The van der Waals surface area contributed by atoms with Crippen molar-refractivity contribution in [2.75, 3.05) is 20.3 Å². The second kappa shape index (κ2) is 6.07. The molecule has 0 unspecified atom stereocenters. The molecule has 0 saturated carbocycles. The number of para-hydroxylation sites is 1. The first-order valence-corrected chi connectivity index (χ1v) is 5.81. The monoisotopic (exact) mass is 244 g/mol. The fraction of sp³-hybridized carbons (Fsp3) is 0.200. The molecule has 0 aromatic heterocycles. The van der Waals surface area contributed by atoms with E-state index in [0.29, 0.717) is 13.2 Å². The third kappa shape index (κ3) is 3.02. The van der Waals surface area contributed by atoms with Gasteiger partial charge in [0.1, 0.15) is 18.1 Å². The fourth-order valence-electron chi connectivity index (χ4n) is 1.71. The van der Waals surface area contributed by atoms with Crippen LogP contribution in [0.4, 0.5) is 0 Å². The Morgan fingerprint density at radius 1 is 0.944 bits per heavy atom. The van der Waals surface area contributed by atoms with E-state index in [1.54, 1.807) is 19.2 Å². The third-order valence-electron chi connectivity index (χ3n) is 2.61. The zero-order valence-electron chi connectivity index (χ0n) is 10.3. The summed E-state index contributed by atoms with van der Waals surface area (Å²) in [6, 6.07) is 14.9. The SMILES string of the molecule is COCCOc1ccccc1-c1ccc(O)cc1. The summed E-state index contributed by atoms with van der Waals surface area (Å²) in [4.78, 5) is 0. The number of phenolic OH excluding ortho intramolecular Hbond substituents is 1. The van der Waals surface area contributed by atoms with Crippen molar-refractivity contribution in [3.05, 3.63) is 48.5 Å². The van der Waals surface area contributed by atoms with Crippen molar-refractivity contribution in [1.29, 1.82) is 0 Å². The van der Waals surface area contributed by atoms with Crippen molar-refractivity contribution in [2.45, 2.75) is 0 Å². The standard InChI is InChI=1S/C15H16O3/c1-17-10-11-18-15-5-3-2-4-14(15)12-6-8-13(16)9-7-12/h2-9,16H,10-11H2,1H3. The molecule has 0 amide bonds. The Kier molecular flexibility index (Phi) is 4.20. The minimum atomic E-state index is 0.261. The first-order valence-electron chi connectivity index (χ1n) is 5.81. The van der Waals surface area contributed by atoms with Gasteiger partial charge in [-0.3, -0.25) is 0 Å². The summed E-state index contributed by atoms with van der Waals surface area (Å²) in [6.07, 6.45) is 0. The van der Waals surface area contributed by atoms with Gasteiger partial charge in [0.25, 0.3) is 0 Å². The summed E-state index contributed by atoms with van der Waals surface area (Å²) in [7, 11) is 1.65. The van der Waals surface area contributed by atoms with E-state index in [1.807, 2.05) is 36.4 Å². The highest BCUT2D eigenvalue weighted by atomic mass is 16.5. The molecule has 3 nitrogen and oxygen atoms in total. The molecule has 2 rings (SSSR count). The second-order valence-electron chi connectivity index (χ2n) is 3.88. The highest BCUT2D eigenvalue weighted by molar-refractivity contribution is 5.70. The van der Waals surface area contributed by atoms with Crippen LogP contribution in [0.3, 0.4) is 0 Å². The smallest absolute Gasteiger partial charge is 0.127 e. The van der Waals surface area contributed by atoms with Gasteiger partial charge in [-0.2, -0.15) is 0 Å². The predicted molar refractivity (Wildman–Crippen MR) is 70.9 cm³/mol. The van der Waals surface area contributed by atoms with Gasteiger partial charge in [0, 0.05) is 12.7 Å². The molecular formula is C15H16O3. The number of aromatic hydroxyl groups is 1. The Balaban J connectivity index is 2.23. The van der Waals surface area contributed by atoms with E-state index in [-0.39, 0.29) is 5.75 Å². The molecule has 0 aliphatic heterocycles. The van der Waals surface area contributed by atoms with Gasteiger partial charge in [-0.15, -0.1) is 0 Å². The summed E-state index contributed by atoms with van der Waals surface area (Å²) in [5.74, 6) is 1.08. The van der Waals surface area contributed by atoms with E-state index in [4.69, 9.17) is 9.47 Å². The van der Waals surface area contributed by atoms with Crippen molar-refractivity contribution in [3.8, 4) is 22.6 Å². The van der Waals surface area contributed by atoms with Crippen LogP contribution in [0, 0.1) is 0 Å². The molecule has 0 aliphatic carbocycles. The lowest BCUT2D eigenvalue weighted by molar-refractivity contribution is 0.146. The Labute approximate surface area is 107 Å². The average molecular weight is 244 g/mol. The van der Waals surface area contributed by atoms with Crippen LogP contribution in [0.15, 0.2) is 48.5 Å². The molecule has 0 spiro atoms. The molecule has 0 atom stereocenters. The first-order chi connectivity index (χ1) is 8.81. The average Bonchev–Trinajstić information content (AvgIpc) is 2.41. The number of methoxy groups -OCH3 is 1. The number of rotatable bonds is 5. The highest BCUT2D eigenvalue weighted by Crippen LogP contribution is 2.30. The lowest BCUT2D eigenvalue weighted by Gasteiger charge is -2.11. The molecule has 0 saturated heterocycles. The lowest BCUT2D eigenvalue weighted by atomic mass is 10.0. The normalized spacial score (nSPS) is 10.3. The first kappa shape index (κ1) is 12.5. The Hall–Kier alpha value is -2.00. The van der Waals surface area contributed by atoms with E-state index < -0.39 is 0 Å². The van der Waals surface area contributed by atoms with Crippen molar-refractivity contribution in [3.63, 3.8) is 0 Å². The molecule has 0 heterocycles. The molecule has 3 heteroatoms. The van der Waals surface area contributed by atoms with E-state index >= 15 is 0 Å². The number of hydrogen-bond acceptors (Lipinski definition) is 3. The van der Waals surface area contributed by atoms with E-state index in [0.717, 1.165) is 16.9 Å². The van der Waals surface area contributed by atoms with Crippen LogP contribution < -0.4 is 4.74 Å². The molecule has 0 bridgehead atoms. The van der Waals surface area contributed by atoms with Crippen molar-refractivity contribution in [1.82, 2.24) is 0 Å². The molecular weight excluding hydrogens is 228 g/mol. The zero-order valence-corrected chi connectivity index (χ0v) is 10.3. The zero-order chi connectivity index (χ0) is 12.8. The van der Waals surface area contributed by atoms with E-state index in [2.05, 4.69) is 0 Å². The summed E-state index contributed by atoms with van der Waals surface area (Å²) in [6.45, 7) is 1.08. The molecule has 18 heavy (non-hydrogen) atoms. The van der Waals surface area contributed by atoms with Gasteiger partial charge in [0.05, 0.1) is 6.61 Å². The fourth-order valence-corrected chi connectivity index (χ4v) is 1.71. The van der Waals surface area contributed by atoms with Crippen LogP contribution in [-0.4, -0.2) is 25.4 Å². The summed E-state index contributed by atoms with van der Waals surface area (Å²) >= 11 is 0. The lowest BCUT2D eigenvalue weighted by Crippen LogP contribution is -2.04. The van der Waals surface area contributed by atoms with Crippen molar-refractivity contribution < 1.29 is 14.6 Å². The maximum atomic E-state index is 9.30. The number of hydrogen-bond donors (Lipinski definition) is 1. The summed E-state index contributed by atoms with van der Waals surface area (Å²) < 4.78 is 10.6.